The largest absolute Gasteiger partial charge is 0.393 e. The van der Waals surface area contributed by atoms with Crippen molar-refractivity contribution in [1.29, 1.82) is 0 Å². The minimum atomic E-state index is -0.477. The average Bonchev–Trinajstić information content (AvgIpc) is 3.02. The van der Waals surface area contributed by atoms with E-state index in [0.29, 0.717) is 0 Å². The van der Waals surface area contributed by atoms with Gasteiger partial charge in [0.2, 0.25) is 0 Å². The summed E-state index contributed by atoms with van der Waals surface area (Å²) in [5, 5.41) is 21.1. The molecule has 0 aliphatic heterocycles. The van der Waals surface area contributed by atoms with E-state index in [0.717, 1.165) is 36.8 Å². The molecule has 2 saturated carbocycles. The van der Waals surface area contributed by atoms with E-state index in [2.05, 4.69) is 12.1 Å². The van der Waals surface area contributed by atoms with Crippen LogP contribution in [0.5, 0.6) is 0 Å². The first kappa shape index (κ1) is 11.7. The highest BCUT2D eigenvalue weighted by atomic mass is 16.3. The van der Waals surface area contributed by atoms with Crippen LogP contribution >= 0.6 is 0 Å². The summed E-state index contributed by atoms with van der Waals surface area (Å²) in [7, 11) is 0. The predicted octanol–water partition coefficient (Wildman–Crippen LogP) is 2.76. The summed E-state index contributed by atoms with van der Waals surface area (Å²) >= 11 is 0. The Morgan fingerprint density at radius 3 is 2.63 bits per heavy atom. The lowest BCUT2D eigenvalue weighted by Crippen LogP contribution is -2.33. The van der Waals surface area contributed by atoms with E-state index in [4.69, 9.17) is 0 Å². The molecule has 0 saturated heterocycles. The van der Waals surface area contributed by atoms with Crippen LogP contribution in [0.2, 0.25) is 0 Å². The fraction of sp³-hybridized carbons (Fsp3) is 0.529. The quantitative estimate of drug-likeness (QED) is 0.811. The minimum absolute atomic E-state index is 0.0419. The molecule has 0 aromatic heterocycles. The standard InChI is InChI=1S/C17H20O2/c18-13-8-10-17-9-4-7-12(17)14(16(19)15(13)17)11-5-2-1-3-6-11/h1-3,5-6,13,15-16,18-19H,4,7-10H2/t13-,15+,16+,17-/m1/s1. The Balaban J connectivity index is 1.89. The molecule has 0 bridgehead atoms. The molecule has 2 N–H and O–H groups in total. The lowest BCUT2D eigenvalue weighted by molar-refractivity contribution is 0.0306. The van der Waals surface area contributed by atoms with Crippen LogP contribution < -0.4 is 0 Å². The zero-order valence-corrected chi connectivity index (χ0v) is 11.0. The van der Waals surface area contributed by atoms with Gasteiger partial charge < -0.3 is 10.2 Å². The summed E-state index contributed by atoms with van der Waals surface area (Å²) in [4.78, 5) is 0. The second kappa shape index (κ2) is 3.94. The maximum atomic E-state index is 10.8. The number of allylic oxidation sites excluding steroid dienone is 1. The zero-order valence-electron chi connectivity index (χ0n) is 11.0. The zero-order chi connectivity index (χ0) is 13.0. The number of rotatable bonds is 1. The molecular formula is C17H20O2. The van der Waals surface area contributed by atoms with Crippen LogP contribution in [-0.2, 0) is 0 Å². The molecule has 2 nitrogen and oxygen atoms in total. The van der Waals surface area contributed by atoms with Crippen molar-refractivity contribution in [2.24, 2.45) is 11.3 Å². The highest BCUT2D eigenvalue weighted by Gasteiger charge is 2.60. The predicted molar refractivity (Wildman–Crippen MR) is 74.4 cm³/mol. The molecule has 0 unspecified atom stereocenters. The summed E-state index contributed by atoms with van der Waals surface area (Å²) in [6, 6.07) is 10.2. The van der Waals surface area contributed by atoms with Crippen molar-refractivity contribution in [3.8, 4) is 0 Å². The van der Waals surface area contributed by atoms with E-state index in [-0.39, 0.29) is 17.4 Å². The molecule has 1 spiro atoms. The molecule has 2 fully saturated rings. The first-order valence-corrected chi connectivity index (χ1v) is 7.39. The smallest absolute Gasteiger partial charge is 0.0856 e. The van der Waals surface area contributed by atoms with Crippen LogP contribution in [-0.4, -0.2) is 22.4 Å². The van der Waals surface area contributed by atoms with Crippen molar-refractivity contribution in [2.45, 2.75) is 44.3 Å². The summed E-state index contributed by atoms with van der Waals surface area (Å²) in [5.74, 6) is 0.0419. The van der Waals surface area contributed by atoms with E-state index < -0.39 is 6.10 Å². The summed E-state index contributed by atoms with van der Waals surface area (Å²) in [5.41, 5.74) is 3.84. The molecule has 3 aliphatic carbocycles. The SMILES string of the molecule is O[C@@H]1CC[C@]23CCCC2=C(c2ccccc2)[C@H](O)[C@H]13. The lowest BCUT2D eigenvalue weighted by Gasteiger charge is -2.29. The van der Waals surface area contributed by atoms with Gasteiger partial charge in [-0.15, -0.1) is 0 Å². The second-order valence-corrected chi connectivity index (χ2v) is 6.34. The second-order valence-electron chi connectivity index (χ2n) is 6.34. The fourth-order valence-electron chi connectivity index (χ4n) is 4.98. The maximum absolute atomic E-state index is 10.8. The van der Waals surface area contributed by atoms with Crippen molar-refractivity contribution in [3.63, 3.8) is 0 Å². The normalized spacial score (nSPS) is 40.6. The Morgan fingerprint density at radius 1 is 1.05 bits per heavy atom. The molecule has 0 amide bonds. The third-order valence-electron chi connectivity index (χ3n) is 5.64. The fourth-order valence-corrected chi connectivity index (χ4v) is 4.98. The molecule has 19 heavy (non-hydrogen) atoms. The van der Waals surface area contributed by atoms with Crippen LogP contribution in [0.4, 0.5) is 0 Å². The highest BCUT2D eigenvalue weighted by Crippen LogP contribution is 2.65. The number of hydrogen-bond donors (Lipinski definition) is 2. The molecule has 100 valence electrons. The molecule has 4 rings (SSSR count). The van der Waals surface area contributed by atoms with Crippen LogP contribution in [0, 0.1) is 11.3 Å². The Morgan fingerprint density at radius 2 is 1.84 bits per heavy atom. The Kier molecular flexibility index (Phi) is 2.42. The van der Waals surface area contributed by atoms with Gasteiger partial charge in [-0.05, 0) is 43.2 Å². The van der Waals surface area contributed by atoms with Gasteiger partial charge in [-0.25, -0.2) is 0 Å². The van der Waals surface area contributed by atoms with E-state index in [1.54, 1.807) is 0 Å². The third-order valence-corrected chi connectivity index (χ3v) is 5.64. The maximum Gasteiger partial charge on any atom is 0.0856 e. The summed E-state index contributed by atoms with van der Waals surface area (Å²) in [6.45, 7) is 0. The van der Waals surface area contributed by atoms with Crippen LogP contribution in [0.15, 0.2) is 35.9 Å². The van der Waals surface area contributed by atoms with Gasteiger partial charge in [0.05, 0.1) is 12.2 Å². The topological polar surface area (TPSA) is 40.5 Å². The van der Waals surface area contributed by atoms with Gasteiger partial charge >= 0.3 is 0 Å². The van der Waals surface area contributed by atoms with Crippen LogP contribution in [0.25, 0.3) is 5.57 Å². The van der Waals surface area contributed by atoms with Crippen molar-refractivity contribution < 1.29 is 10.2 Å². The number of benzene rings is 1. The average molecular weight is 256 g/mol. The molecule has 3 aliphatic rings. The number of aliphatic hydroxyl groups excluding tert-OH is 2. The highest BCUT2D eigenvalue weighted by molar-refractivity contribution is 5.77. The Bertz CT molecular complexity index is 533. The summed E-state index contributed by atoms with van der Waals surface area (Å²) < 4.78 is 0. The molecular weight excluding hydrogens is 236 g/mol. The van der Waals surface area contributed by atoms with Crippen molar-refractivity contribution in [1.82, 2.24) is 0 Å². The van der Waals surface area contributed by atoms with E-state index >= 15 is 0 Å². The Hall–Kier alpha value is -1.12. The van der Waals surface area contributed by atoms with Crippen molar-refractivity contribution >= 4 is 5.57 Å². The lowest BCUT2D eigenvalue weighted by atomic mass is 9.76. The van der Waals surface area contributed by atoms with Gasteiger partial charge in [0.15, 0.2) is 0 Å². The molecule has 2 heteroatoms. The van der Waals surface area contributed by atoms with E-state index in [1.165, 1.54) is 12.0 Å². The number of aliphatic hydroxyl groups is 2. The first-order chi connectivity index (χ1) is 9.24. The Labute approximate surface area is 113 Å². The van der Waals surface area contributed by atoms with Crippen LogP contribution in [0.1, 0.15) is 37.7 Å². The van der Waals surface area contributed by atoms with Gasteiger partial charge in [0.25, 0.3) is 0 Å². The van der Waals surface area contributed by atoms with E-state index in [1.807, 2.05) is 18.2 Å². The monoisotopic (exact) mass is 256 g/mol. The number of hydrogen-bond acceptors (Lipinski definition) is 2. The first-order valence-electron chi connectivity index (χ1n) is 7.39. The molecule has 4 atom stereocenters. The molecule has 1 aromatic rings. The van der Waals surface area contributed by atoms with Gasteiger partial charge in [-0.3, -0.25) is 0 Å². The van der Waals surface area contributed by atoms with Gasteiger partial charge in [-0.2, -0.15) is 0 Å². The summed E-state index contributed by atoms with van der Waals surface area (Å²) in [6.07, 6.45) is 4.57. The van der Waals surface area contributed by atoms with Crippen LogP contribution in [0.3, 0.4) is 0 Å². The van der Waals surface area contributed by atoms with Gasteiger partial charge in [0.1, 0.15) is 0 Å². The molecule has 0 radical (unpaired) electrons. The van der Waals surface area contributed by atoms with Gasteiger partial charge in [-0.1, -0.05) is 35.9 Å². The third kappa shape index (κ3) is 1.39. The molecule has 0 heterocycles. The molecule has 1 aromatic carbocycles. The van der Waals surface area contributed by atoms with E-state index in [9.17, 15) is 10.2 Å². The van der Waals surface area contributed by atoms with Gasteiger partial charge in [0, 0.05) is 11.3 Å². The van der Waals surface area contributed by atoms with Crippen molar-refractivity contribution in [2.75, 3.05) is 0 Å². The minimum Gasteiger partial charge on any atom is -0.393 e. The van der Waals surface area contributed by atoms with Crippen molar-refractivity contribution in [3.05, 3.63) is 41.5 Å².